The molecule has 1 unspecified atom stereocenters. The number of hydrazone groups is 1. The molecule has 5 heteroatoms. The average molecular weight is 444 g/mol. The van der Waals surface area contributed by atoms with Crippen LogP contribution in [0.1, 0.15) is 40.3 Å². The highest BCUT2D eigenvalue weighted by Crippen LogP contribution is 2.36. The number of carbonyl (C=O) groups is 1. The van der Waals surface area contributed by atoms with Gasteiger partial charge in [-0.3, -0.25) is 9.69 Å². The normalized spacial score (nSPS) is 18.4. The Bertz CT molecular complexity index is 1190. The number of hydrogen-bond acceptors (Lipinski definition) is 3. The molecule has 0 fully saturated rings. The number of nitrogens with zero attached hydrogens (tertiary/aromatic N) is 3. The third-order valence-corrected chi connectivity index (χ3v) is 6.80. The van der Waals surface area contributed by atoms with Gasteiger partial charge in [-0.15, -0.1) is 0 Å². The van der Waals surface area contributed by atoms with Crippen LogP contribution in [0.25, 0.3) is 0 Å². The molecule has 0 radical (unpaired) electrons. The van der Waals surface area contributed by atoms with E-state index in [4.69, 9.17) is 16.7 Å². The van der Waals surface area contributed by atoms with Crippen molar-refractivity contribution < 1.29 is 4.79 Å². The second-order valence-corrected chi connectivity index (χ2v) is 8.98. The van der Waals surface area contributed by atoms with Gasteiger partial charge in [0.2, 0.25) is 0 Å². The van der Waals surface area contributed by atoms with Crippen LogP contribution < -0.4 is 0 Å². The molecule has 2 heterocycles. The number of amides is 1. The van der Waals surface area contributed by atoms with Crippen LogP contribution in [0.3, 0.4) is 0 Å². The molecule has 4 nitrogen and oxygen atoms in total. The molecule has 0 aliphatic carbocycles. The Morgan fingerprint density at radius 1 is 1.00 bits per heavy atom. The molecule has 0 N–H and O–H groups in total. The van der Waals surface area contributed by atoms with Crippen LogP contribution in [0.4, 0.5) is 0 Å². The van der Waals surface area contributed by atoms with Crippen molar-refractivity contribution in [1.82, 2.24) is 9.91 Å². The minimum Gasteiger partial charge on any atom is -0.290 e. The van der Waals surface area contributed by atoms with Crippen molar-refractivity contribution in [3.63, 3.8) is 0 Å². The summed E-state index contributed by atoms with van der Waals surface area (Å²) in [6, 6.07) is 24.3. The second-order valence-electron chi connectivity index (χ2n) is 8.57. The fourth-order valence-corrected chi connectivity index (χ4v) is 5.00. The van der Waals surface area contributed by atoms with Gasteiger partial charge in [0.15, 0.2) is 0 Å². The molecule has 1 amide bonds. The molecule has 3 aromatic rings. The highest BCUT2D eigenvalue weighted by atomic mass is 35.5. The van der Waals surface area contributed by atoms with E-state index in [0.29, 0.717) is 18.0 Å². The van der Waals surface area contributed by atoms with Crippen LogP contribution in [-0.2, 0) is 17.8 Å². The summed E-state index contributed by atoms with van der Waals surface area (Å²) in [6.45, 7) is 4.13. The van der Waals surface area contributed by atoms with Gasteiger partial charge in [0.25, 0.3) is 5.91 Å². The van der Waals surface area contributed by atoms with Gasteiger partial charge in [-0.25, -0.2) is 5.01 Å². The lowest BCUT2D eigenvalue weighted by Gasteiger charge is -2.30. The zero-order chi connectivity index (χ0) is 22.1. The van der Waals surface area contributed by atoms with Crippen molar-refractivity contribution in [2.24, 2.45) is 5.10 Å². The maximum Gasteiger partial charge on any atom is 0.257 e. The first-order valence-corrected chi connectivity index (χ1v) is 11.5. The molecule has 0 bridgehead atoms. The lowest BCUT2D eigenvalue weighted by Crippen LogP contribution is -2.40. The number of fused-ring (bicyclic) bond motifs is 1. The Labute approximate surface area is 194 Å². The van der Waals surface area contributed by atoms with Gasteiger partial charge >= 0.3 is 0 Å². The van der Waals surface area contributed by atoms with Gasteiger partial charge in [0.1, 0.15) is 0 Å². The summed E-state index contributed by atoms with van der Waals surface area (Å²) in [6.07, 6.45) is 1.63. The summed E-state index contributed by atoms with van der Waals surface area (Å²) < 4.78 is 0. The molecule has 32 heavy (non-hydrogen) atoms. The Morgan fingerprint density at radius 3 is 2.53 bits per heavy atom. The minimum atomic E-state index is -0.118. The van der Waals surface area contributed by atoms with E-state index < -0.39 is 0 Å². The van der Waals surface area contributed by atoms with Gasteiger partial charge in [-0.05, 0) is 41.7 Å². The Hall–Kier alpha value is -2.95. The van der Waals surface area contributed by atoms with E-state index >= 15 is 0 Å². The molecule has 0 spiro atoms. The van der Waals surface area contributed by atoms with E-state index in [2.05, 4.69) is 48.2 Å². The molecule has 0 saturated heterocycles. The maximum atomic E-state index is 13.5. The molecular weight excluding hydrogens is 418 g/mol. The van der Waals surface area contributed by atoms with Crippen molar-refractivity contribution in [1.29, 1.82) is 0 Å². The fourth-order valence-electron chi connectivity index (χ4n) is 4.75. The first-order chi connectivity index (χ1) is 15.6. The van der Waals surface area contributed by atoms with Crippen LogP contribution in [0, 0.1) is 6.92 Å². The van der Waals surface area contributed by atoms with Gasteiger partial charge < -0.3 is 0 Å². The van der Waals surface area contributed by atoms with Gasteiger partial charge in [-0.1, -0.05) is 78.3 Å². The monoisotopic (exact) mass is 443 g/mol. The van der Waals surface area contributed by atoms with Gasteiger partial charge in [0.05, 0.1) is 18.3 Å². The molecule has 162 valence electrons. The topological polar surface area (TPSA) is 35.9 Å². The standard InChI is InChI=1S/C27H26ClN3O/c1-19-8-2-5-11-22(19)26-16-25(23-12-6-7-13-24(23)28)29-31(26)27(32)18-30-15-14-20-9-3-4-10-21(20)17-30/h2-13,26H,14-18H2,1H3. The van der Waals surface area contributed by atoms with E-state index in [1.165, 1.54) is 11.1 Å². The third-order valence-electron chi connectivity index (χ3n) is 6.47. The zero-order valence-corrected chi connectivity index (χ0v) is 18.9. The molecule has 1 atom stereocenters. The molecule has 0 saturated carbocycles. The molecule has 5 rings (SSSR count). The lowest BCUT2D eigenvalue weighted by molar-refractivity contribution is -0.134. The number of benzene rings is 3. The molecule has 3 aromatic carbocycles. The highest BCUT2D eigenvalue weighted by Gasteiger charge is 2.35. The smallest absolute Gasteiger partial charge is 0.257 e. The predicted molar refractivity (Wildman–Crippen MR) is 129 cm³/mol. The SMILES string of the molecule is Cc1ccccc1C1CC(c2ccccc2Cl)=NN1C(=O)CN1CCc2ccccc2C1. The number of hydrogen-bond donors (Lipinski definition) is 0. The van der Waals surface area contributed by atoms with Gasteiger partial charge in [0, 0.05) is 30.1 Å². The quantitative estimate of drug-likeness (QED) is 0.542. The number of rotatable bonds is 4. The van der Waals surface area contributed by atoms with E-state index in [9.17, 15) is 4.79 Å². The maximum absolute atomic E-state index is 13.5. The average Bonchev–Trinajstić information content (AvgIpc) is 3.25. The number of halogens is 1. The minimum absolute atomic E-state index is 0.0275. The predicted octanol–water partition coefficient (Wildman–Crippen LogP) is 5.38. The molecule has 2 aliphatic rings. The largest absolute Gasteiger partial charge is 0.290 e. The van der Waals surface area contributed by atoms with Crippen molar-refractivity contribution >= 4 is 23.2 Å². The van der Waals surface area contributed by atoms with Crippen molar-refractivity contribution in [2.75, 3.05) is 13.1 Å². The molecular formula is C27H26ClN3O. The fraction of sp³-hybridized carbons (Fsp3) is 0.259. The summed E-state index contributed by atoms with van der Waals surface area (Å²) in [4.78, 5) is 15.8. The zero-order valence-electron chi connectivity index (χ0n) is 18.2. The summed E-state index contributed by atoms with van der Waals surface area (Å²) in [7, 11) is 0. The Balaban J connectivity index is 1.42. The van der Waals surface area contributed by atoms with Crippen LogP contribution >= 0.6 is 11.6 Å². The van der Waals surface area contributed by atoms with E-state index in [1.807, 2.05) is 36.4 Å². The van der Waals surface area contributed by atoms with Crippen molar-refractivity contribution in [3.05, 3.63) is 106 Å². The number of carbonyl (C=O) groups excluding carboxylic acids is 1. The lowest BCUT2D eigenvalue weighted by atomic mass is 9.95. The van der Waals surface area contributed by atoms with Crippen molar-refractivity contribution in [3.8, 4) is 0 Å². The third kappa shape index (κ3) is 4.08. The first kappa shape index (κ1) is 20.9. The molecule has 2 aliphatic heterocycles. The van der Waals surface area contributed by atoms with Crippen molar-refractivity contribution in [2.45, 2.75) is 32.4 Å². The Morgan fingerprint density at radius 2 is 1.72 bits per heavy atom. The van der Waals surface area contributed by atoms with Crippen LogP contribution in [-0.4, -0.2) is 34.6 Å². The summed E-state index contributed by atoms with van der Waals surface area (Å²) in [5.41, 5.74) is 6.75. The number of aryl methyl sites for hydroxylation is 1. The van der Waals surface area contributed by atoms with E-state index in [1.54, 1.807) is 5.01 Å². The van der Waals surface area contributed by atoms with Crippen LogP contribution in [0.2, 0.25) is 5.02 Å². The van der Waals surface area contributed by atoms with E-state index in [0.717, 1.165) is 41.9 Å². The van der Waals surface area contributed by atoms with Crippen LogP contribution in [0.5, 0.6) is 0 Å². The second kappa shape index (κ2) is 8.89. The van der Waals surface area contributed by atoms with Gasteiger partial charge in [-0.2, -0.15) is 5.10 Å². The van der Waals surface area contributed by atoms with E-state index in [-0.39, 0.29) is 11.9 Å². The summed E-state index contributed by atoms with van der Waals surface area (Å²) >= 11 is 6.47. The van der Waals surface area contributed by atoms with Crippen LogP contribution in [0.15, 0.2) is 77.9 Å². The first-order valence-electron chi connectivity index (χ1n) is 11.1. The Kier molecular flexibility index (Phi) is 5.81. The summed E-state index contributed by atoms with van der Waals surface area (Å²) in [5, 5.41) is 7.18. The molecule has 0 aromatic heterocycles. The summed E-state index contributed by atoms with van der Waals surface area (Å²) in [5.74, 6) is 0.0275. The highest BCUT2D eigenvalue weighted by molar-refractivity contribution is 6.34.